The Bertz CT molecular complexity index is 415. The molecule has 1 aromatic rings. The van der Waals surface area contributed by atoms with Gasteiger partial charge < -0.3 is 0 Å². The molecule has 0 fully saturated rings. The van der Waals surface area contributed by atoms with Crippen molar-refractivity contribution in [3.05, 3.63) is 42.0 Å². The molecule has 0 N–H and O–H groups in total. The van der Waals surface area contributed by atoms with Crippen molar-refractivity contribution in [3.8, 4) is 0 Å². The second-order valence-corrected chi connectivity index (χ2v) is 6.46. The van der Waals surface area contributed by atoms with Crippen molar-refractivity contribution >= 4 is 5.97 Å². The zero-order chi connectivity index (χ0) is 15.7. The first-order valence-electron chi connectivity index (χ1n) is 7.73. The molecule has 0 bridgehead atoms. The highest BCUT2D eigenvalue weighted by Crippen LogP contribution is 2.18. The van der Waals surface area contributed by atoms with Crippen LogP contribution in [0.15, 0.2) is 24.3 Å². The first-order chi connectivity index (χ1) is 9.92. The van der Waals surface area contributed by atoms with Crippen molar-refractivity contribution in [3.63, 3.8) is 0 Å². The van der Waals surface area contributed by atoms with Crippen LogP contribution in [0.2, 0.25) is 0 Å². The lowest BCUT2D eigenvalue weighted by Crippen LogP contribution is -2.12. The number of hydrogen-bond donors (Lipinski definition) is 0. The summed E-state index contributed by atoms with van der Waals surface area (Å²) in [5, 5.41) is 0. The molecular weight excluding hydrogens is 264 g/mol. The molecule has 0 aliphatic rings. The summed E-state index contributed by atoms with van der Waals surface area (Å²) < 4.78 is 0. The van der Waals surface area contributed by atoms with E-state index < -0.39 is 5.97 Å². The predicted octanol–water partition coefficient (Wildman–Crippen LogP) is 5.11. The average Bonchev–Trinajstić information content (AvgIpc) is 2.43. The second kappa shape index (κ2) is 8.83. The van der Waals surface area contributed by atoms with Gasteiger partial charge in [0.25, 0.3) is 0 Å². The molecule has 0 unspecified atom stereocenters. The Labute approximate surface area is 128 Å². The predicted molar refractivity (Wildman–Crippen MR) is 84.5 cm³/mol. The summed E-state index contributed by atoms with van der Waals surface area (Å²) in [7, 11) is 0. The Balaban J connectivity index is 2.37. The maximum absolute atomic E-state index is 11.8. The van der Waals surface area contributed by atoms with Crippen molar-refractivity contribution < 1.29 is 14.6 Å². The molecule has 0 heterocycles. The fourth-order valence-corrected chi connectivity index (χ4v) is 1.82. The number of unbranched alkanes of at least 4 members (excludes halogenated alkanes) is 3. The average molecular weight is 291 g/mol. The fraction of sp³-hybridized carbons (Fsp3) is 0.556. The van der Waals surface area contributed by atoms with Crippen LogP contribution in [0.25, 0.3) is 0 Å². The summed E-state index contributed by atoms with van der Waals surface area (Å²) in [5.41, 5.74) is 1.61. The quantitative estimate of drug-likeness (QED) is 0.379. The molecule has 0 amide bonds. The van der Waals surface area contributed by atoms with Crippen LogP contribution in [0.5, 0.6) is 0 Å². The molecule has 0 aliphatic heterocycles. The van der Waals surface area contributed by atoms with Crippen LogP contribution < -0.4 is 0 Å². The van der Waals surface area contributed by atoms with Crippen LogP contribution in [0.4, 0.5) is 0 Å². The monoisotopic (exact) mass is 291 g/mol. The lowest BCUT2D eigenvalue weighted by molar-refractivity contribution is -0.224. The standard InChI is InChI=1S/C18H27O3/c1-5-6-7-8-9-15-10-12-16(13-11-15)17(19)21-20-14-18(2,3)4/h10-14H,5-9H2,1-4H3. The summed E-state index contributed by atoms with van der Waals surface area (Å²) in [6, 6.07) is 7.54. The van der Waals surface area contributed by atoms with Crippen molar-refractivity contribution in [2.75, 3.05) is 0 Å². The number of aryl methyl sites for hydroxylation is 1. The third-order valence-corrected chi connectivity index (χ3v) is 3.03. The summed E-state index contributed by atoms with van der Waals surface area (Å²) in [6.45, 7) is 9.61. The van der Waals surface area contributed by atoms with Gasteiger partial charge in [0, 0.05) is 0 Å². The van der Waals surface area contributed by atoms with Gasteiger partial charge in [0.05, 0.1) is 5.56 Å². The fourth-order valence-electron chi connectivity index (χ4n) is 1.82. The Hall–Kier alpha value is -1.35. The molecule has 0 saturated carbocycles. The van der Waals surface area contributed by atoms with Gasteiger partial charge in [-0.15, -0.1) is 0 Å². The minimum absolute atomic E-state index is 0.150. The Kier molecular flexibility index (Phi) is 7.44. The number of carbonyl (C=O) groups excluding carboxylic acids is 1. The third kappa shape index (κ3) is 7.86. The van der Waals surface area contributed by atoms with Crippen LogP contribution in [-0.2, 0) is 16.2 Å². The molecule has 0 aromatic heterocycles. The van der Waals surface area contributed by atoms with Crippen LogP contribution in [-0.4, -0.2) is 5.97 Å². The van der Waals surface area contributed by atoms with Gasteiger partial charge in [-0.05, 0) is 36.0 Å². The van der Waals surface area contributed by atoms with Gasteiger partial charge in [-0.2, -0.15) is 4.89 Å². The third-order valence-electron chi connectivity index (χ3n) is 3.03. The highest BCUT2D eigenvalue weighted by Gasteiger charge is 2.14. The normalized spacial score (nSPS) is 11.4. The van der Waals surface area contributed by atoms with E-state index >= 15 is 0 Å². The molecule has 0 spiro atoms. The summed E-state index contributed by atoms with van der Waals surface area (Å²) in [6.07, 6.45) is 6.05. The van der Waals surface area contributed by atoms with Crippen LogP contribution in [0, 0.1) is 12.0 Å². The molecule has 21 heavy (non-hydrogen) atoms. The van der Waals surface area contributed by atoms with E-state index in [0.717, 1.165) is 6.42 Å². The van der Waals surface area contributed by atoms with E-state index in [9.17, 15) is 4.79 Å². The molecule has 1 aromatic carbocycles. The first-order valence-corrected chi connectivity index (χ1v) is 7.73. The highest BCUT2D eigenvalue weighted by atomic mass is 17.2. The van der Waals surface area contributed by atoms with Crippen LogP contribution in [0.1, 0.15) is 69.3 Å². The molecule has 1 radical (unpaired) electrons. The number of rotatable bonds is 8. The Morgan fingerprint density at radius 1 is 1.10 bits per heavy atom. The van der Waals surface area contributed by atoms with Crippen LogP contribution >= 0.6 is 0 Å². The molecule has 0 saturated heterocycles. The van der Waals surface area contributed by atoms with Gasteiger partial charge in [0.2, 0.25) is 0 Å². The second-order valence-electron chi connectivity index (χ2n) is 6.46. The summed E-state index contributed by atoms with van der Waals surface area (Å²) in [4.78, 5) is 21.4. The minimum atomic E-state index is -0.465. The topological polar surface area (TPSA) is 35.5 Å². The molecule has 0 atom stereocenters. The van der Waals surface area contributed by atoms with E-state index in [1.807, 2.05) is 32.9 Å². The number of carbonyl (C=O) groups is 1. The van der Waals surface area contributed by atoms with Gasteiger partial charge in [-0.1, -0.05) is 59.1 Å². The van der Waals surface area contributed by atoms with E-state index in [1.165, 1.54) is 37.9 Å². The van der Waals surface area contributed by atoms with Crippen molar-refractivity contribution in [2.24, 2.45) is 5.41 Å². The summed E-state index contributed by atoms with van der Waals surface area (Å²) >= 11 is 0. The summed E-state index contributed by atoms with van der Waals surface area (Å²) in [5.74, 6) is -0.465. The van der Waals surface area contributed by atoms with Gasteiger partial charge in [0.1, 0.15) is 6.61 Å². The van der Waals surface area contributed by atoms with Crippen molar-refractivity contribution in [2.45, 2.75) is 59.8 Å². The van der Waals surface area contributed by atoms with E-state index in [-0.39, 0.29) is 5.41 Å². The SMILES string of the molecule is CCCCCCc1ccc(C(=O)OO[CH]C(C)(C)C)cc1. The molecule has 3 heteroatoms. The van der Waals surface area contributed by atoms with Gasteiger partial charge >= 0.3 is 5.97 Å². The molecule has 3 nitrogen and oxygen atoms in total. The molecular formula is C18H27O3. The lowest BCUT2D eigenvalue weighted by atomic mass is 9.99. The zero-order valence-corrected chi connectivity index (χ0v) is 13.6. The lowest BCUT2D eigenvalue weighted by Gasteiger charge is -2.15. The number of benzene rings is 1. The Morgan fingerprint density at radius 3 is 2.33 bits per heavy atom. The Morgan fingerprint density at radius 2 is 1.76 bits per heavy atom. The largest absolute Gasteiger partial charge is 0.373 e. The maximum Gasteiger partial charge on any atom is 0.373 e. The molecule has 1 rings (SSSR count). The highest BCUT2D eigenvalue weighted by molar-refractivity contribution is 5.88. The van der Waals surface area contributed by atoms with E-state index in [4.69, 9.17) is 9.78 Å². The van der Waals surface area contributed by atoms with Crippen molar-refractivity contribution in [1.29, 1.82) is 0 Å². The van der Waals surface area contributed by atoms with E-state index in [2.05, 4.69) is 6.92 Å². The van der Waals surface area contributed by atoms with Gasteiger partial charge in [0.15, 0.2) is 0 Å². The van der Waals surface area contributed by atoms with Gasteiger partial charge in [-0.25, -0.2) is 4.79 Å². The van der Waals surface area contributed by atoms with Crippen LogP contribution in [0.3, 0.4) is 0 Å². The zero-order valence-electron chi connectivity index (χ0n) is 13.6. The molecule has 0 aliphatic carbocycles. The first kappa shape index (κ1) is 17.7. The molecule has 117 valence electrons. The number of hydrogen-bond acceptors (Lipinski definition) is 3. The minimum Gasteiger partial charge on any atom is -0.292 e. The van der Waals surface area contributed by atoms with E-state index in [1.54, 1.807) is 12.1 Å². The smallest absolute Gasteiger partial charge is 0.292 e. The van der Waals surface area contributed by atoms with Crippen molar-refractivity contribution in [1.82, 2.24) is 0 Å². The maximum atomic E-state index is 11.8. The van der Waals surface area contributed by atoms with E-state index in [0.29, 0.717) is 5.56 Å². The van der Waals surface area contributed by atoms with Gasteiger partial charge in [-0.3, -0.25) is 4.89 Å².